The second-order valence-electron chi connectivity index (χ2n) is 32.9. The third-order valence-corrected chi connectivity index (χ3v) is 35.7. The van der Waals surface area contributed by atoms with E-state index < -0.39 is 64.7 Å². The van der Waals surface area contributed by atoms with Crippen LogP contribution in [-0.2, 0) is 54.1 Å². The number of hydrogen-bond donors (Lipinski definition) is 5. The number of aromatic nitrogens is 4. The number of carbonyl (C=O) groups is 1. The van der Waals surface area contributed by atoms with Crippen molar-refractivity contribution in [1.82, 2.24) is 25.1 Å². The number of benzene rings is 12. The molecule has 11 unspecified atom stereocenters. The van der Waals surface area contributed by atoms with Gasteiger partial charge in [-0.1, -0.05) is 341 Å². The van der Waals surface area contributed by atoms with Crippen molar-refractivity contribution in [1.29, 1.82) is 0 Å². The zero-order valence-electron chi connectivity index (χ0n) is 83.8. The number of amides is 1. The molecule has 6 N–H and O–H groups in total. The SMILES string of the molecule is C.C.C.CC(c1ccccc1)c1ccc(Br)cc1.CC(c1ccccc1)c1ccc([P+](=O)O)cc1.CCCP(=O)(O)c1ccc(C(NC(=O)c2cnc(-n3cccn3)[nH]c2=O)c2ccccc2)cc1.CCCP(=O)(OCC)c1ccc(C(C)c2ccccc2)cc1.CCCP(=O)(OCC)c1ccc(C(N)c2ccccc2)cc1.CCO[P+](=O)c1ccc(C(C)c2ccccc2)cc1.CCO[Si](OCC)(OCC)OCC. The number of H-pyrrole nitrogens is 1. The van der Waals surface area contributed by atoms with Gasteiger partial charge in [-0.25, -0.2) is 9.67 Å². The van der Waals surface area contributed by atoms with Crippen LogP contribution in [0.5, 0.6) is 0 Å². The average Bonchev–Trinajstić information content (AvgIpc) is 1.64. The lowest BCUT2D eigenvalue weighted by atomic mass is 9.93. The van der Waals surface area contributed by atoms with Gasteiger partial charge in [0.25, 0.3) is 11.5 Å². The van der Waals surface area contributed by atoms with Gasteiger partial charge < -0.3 is 42.7 Å². The average molecular weight is 2150 g/mol. The topological polar surface area (TPSA) is 309 Å². The van der Waals surface area contributed by atoms with E-state index in [0.29, 0.717) is 105 Å². The Balaban J connectivity index is 0.000000303. The van der Waals surface area contributed by atoms with Crippen molar-refractivity contribution < 1.29 is 68.7 Å². The van der Waals surface area contributed by atoms with Crippen LogP contribution in [0, 0.1) is 0 Å². The third kappa shape index (κ3) is 39.2. The van der Waals surface area contributed by atoms with E-state index in [2.05, 4.69) is 179 Å². The van der Waals surface area contributed by atoms with Gasteiger partial charge in [0.1, 0.15) is 12.2 Å². The highest BCUT2D eigenvalue weighted by Gasteiger charge is 2.44. The number of nitrogens with two attached hydrogens (primary N) is 1. The molecule has 22 nitrogen and oxygen atoms in total. The molecule has 0 aliphatic rings. The molecule has 0 aliphatic carbocycles. The fourth-order valence-corrected chi connectivity index (χ4v) is 24.4. The van der Waals surface area contributed by atoms with Crippen LogP contribution in [0.1, 0.15) is 251 Å². The number of hydrogen-bond acceptors (Lipinski definition) is 17. The zero-order chi connectivity index (χ0) is 103. The van der Waals surface area contributed by atoms with Crippen molar-refractivity contribution in [2.75, 3.05) is 64.7 Å². The minimum Gasteiger partial charge on any atom is -0.351 e. The first-order valence-corrected chi connectivity index (χ1v) is 58.6. The number of halogens is 1. The molecule has 11 atom stereocenters. The summed E-state index contributed by atoms with van der Waals surface area (Å²) in [7, 11) is -15.6. The quantitative estimate of drug-likeness (QED) is 0.0176. The molecule has 0 saturated heterocycles. The van der Waals surface area contributed by atoms with Crippen LogP contribution in [0.25, 0.3) is 5.95 Å². The number of carbonyl (C=O) groups excluding carboxylic acids is 1. The van der Waals surface area contributed by atoms with Gasteiger partial charge in [-0.15, -0.1) is 4.52 Å². The molecule has 0 spiro atoms. The Bertz CT molecular complexity index is 6070. The monoisotopic (exact) mass is 2140 g/mol. The van der Waals surface area contributed by atoms with Crippen LogP contribution >= 0.6 is 54.1 Å². The molecular weight excluding hydrogens is 2000 g/mol. The predicted molar refractivity (Wildman–Crippen MR) is 606 cm³/mol. The lowest BCUT2D eigenvalue weighted by Gasteiger charge is -2.26. The van der Waals surface area contributed by atoms with Gasteiger partial charge >= 0.3 is 25.1 Å². The molecule has 774 valence electrons. The largest absolute Gasteiger partial charge is 0.679 e. The lowest BCUT2D eigenvalue weighted by Crippen LogP contribution is -2.49. The lowest BCUT2D eigenvalue weighted by molar-refractivity contribution is -0.0247. The number of nitrogens with zero attached hydrogens (tertiary/aromatic N) is 3. The fraction of sp³-hybridized carbons (Fsp3) is 0.310. The molecule has 14 rings (SSSR count). The molecule has 1 amide bonds. The highest BCUT2D eigenvalue weighted by molar-refractivity contribution is 9.10. The molecule has 2 heterocycles. The van der Waals surface area contributed by atoms with Crippen molar-refractivity contribution in [3.8, 4) is 5.95 Å². The molecule has 145 heavy (non-hydrogen) atoms. The van der Waals surface area contributed by atoms with Crippen molar-refractivity contribution in [3.63, 3.8) is 0 Å². The normalized spacial score (nSPS) is 13.4. The maximum atomic E-state index is 13.1. The van der Waals surface area contributed by atoms with Crippen LogP contribution in [0.3, 0.4) is 0 Å². The van der Waals surface area contributed by atoms with Gasteiger partial charge in [-0.3, -0.25) is 28.3 Å². The van der Waals surface area contributed by atoms with E-state index in [1.807, 2.05) is 245 Å². The van der Waals surface area contributed by atoms with E-state index in [-0.39, 0.29) is 46.0 Å². The summed E-state index contributed by atoms with van der Waals surface area (Å²) in [5.41, 5.74) is 19.3. The number of rotatable bonds is 40. The van der Waals surface area contributed by atoms with Gasteiger partial charge in [0.05, 0.1) is 25.3 Å². The molecule has 0 bridgehead atoms. The summed E-state index contributed by atoms with van der Waals surface area (Å²) in [5, 5.41) is 10.1. The first-order valence-electron chi connectivity index (χ1n) is 48.3. The second kappa shape index (κ2) is 65.9. The standard InChI is InChI=1S/C24H24N5O4P.C19H25O2P.C18H24NO2P.C16H18O2P.C14H13Br.C14H13O2P.C8H20O4Si.3CH4/c1-2-15-34(32,33)19-11-9-18(10-12-19)21(17-7-4-3-5-8-17)27-22(30)20-16-25-24(28-23(20)31)29-14-6-13-26-29;1-4-15-22(20,21-5-2)19-13-11-18(12-14-19)16(3)17-9-7-6-8-10-17;1-3-14-22(20,21-4-2)17-12-10-16(11-13-17)18(19)15-8-6-5-7-9-15;1-3-18-19(17)16-11-9-15(10-12-16)13(2)14-7-5-4-6-8-14;1-11(12-5-3-2-4-6-12)13-7-9-14(15)10-8-13;1-11(12-5-3-2-4-6-12)13-7-9-14(10-8-13)17(15)16;1-5-9-13(10-6-2,11-7-3)12-8-4;;;/h3-14,16,21H,2,15H2,1H3,(H,27,30)(H,32,33)(H,25,28,31);6-14,16H,4-5,15H2,1-3H3;5-13,18H,3-4,14,19H2,1-2H3;4-13H,3H2,1-2H3;2-11H,1H3;2-11H,1H3;5-8H2,1-4H3;3*1H4/q;;;+1;;;;;;/p+1. The molecule has 0 saturated carbocycles. The van der Waals surface area contributed by atoms with Crippen molar-refractivity contribution in [2.24, 2.45) is 5.73 Å². The summed E-state index contributed by atoms with van der Waals surface area (Å²) in [5.74, 6) is 1.01. The maximum absolute atomic E-state index is 13.1. The Hall–Kier alpha value is -10.6. The summed E-state index contributed by atoms with van der Waals surface area (Å²) in [6.07, 6.45) is 8.06. The molecule has 14 aromatic rings. The zero-order valence-corrected chi connectivity index (χ0v) is 90.8. The first-order chi connectivity index (χ1) is 68.5. The van der Waals surface area contributed by atoms with E-state index in [0.717, 1.165) is 55.5 Å². The highest BCUT2D eigenvalue weighted by atomic mass is 79.9. The smallest absolute Gasteiger partial charge is 0.351 e. The Morgan fingerprint density at radius 1 is 0.421 bits per heavy atom. The third-order valence-electron chi connectivity index (χ3n) is 22.9. The van der Waals surface area contributed by atoms with Gasteiger partial charge in [-0.05, 0) is 222 Å². The highest BCUT2D eigenvalue weighted by Crippen LogP contribution is 2.48. The predicted octanol–water partition coefficient (Wildman–Crippen LogP) is 27.6. The van der Waals surface area contributed by atoms with Gasteiger partial charge in [0.2, 0.25) is 38.7 Å². The Kier molecular flexibility index (Phi) is 56.7. The van der Waals surface area contributed by atoms with Crippen LogP contribution in [-0.4, -0.2) is 109 Å². The van der Waals surface area contributed by atoms with Crippen molar-refractivity contribution >= 4 is 95.6 Å². The number of nitrogens with one attached hydrogen (secondary N) is 2. The fourth-order valence-electron chi connectivity index (χ4n) is 15.3. The summed E-state index contributed by atoms with van der Waals surface area (Å²) in [6.45, 7) is 31.5. The van der Waals surface area contributed by atoms with Crippen molar-refractivity contribution in [2.45, 2.75) is 174 Å². The summed E-state index contributed by atoms with van der Waals surface area (Å²) in [6, 6.07) is 108. The Morgan fingerprint density at radius 2 is 0.731 bits per heavy atom. The number of aromatic amines is 1. The van der Waals surface area contributed by atoms with E-state index in [1.165, 1.54) is 49.8 Å². The van der Waals surface area contributed by atoms with Crippen LogP contribution < -0.4 is 43.1 Å². The Labute approximate surface area is 873 Å². The molecule has 12 aromatic carbocycles. The van der Waals surface area contributed by atoms with E-state index in [1.54, 1.807) is 54.9 Å². The summed E-state index contributed by atoms with van der Waals surface area (Å²) >= 11 is 3.45. The van der Waals surface area contributed by atoms with Gasteiger partial charge in [0.15, 0.2) is 0 Å². The molecular formula is C116H150BrN6O16P5Si+2. The van der Waals surface area contributed by atoms with Crippen molar-refractivity contribution in [3.05, 3.63) is 439 Å². The maximum Gasteiger partial charge on any atom is 0.679 e. The van der Waals surface area contributed by atoms with Gasteiger partial charge in [0, 0.05) is 108 Å². The summed E-state index contributed by atoms with van der Waals surface area (Å²) in [4.78, 5) is 51.6. The molecule has 0 radical (unpaired) electrons. The second-order valence-corrected chi connectivity index (χ2v) is 45.8. The minimum absolute atomic E-state index is 0. The van der Waals surface area contributed by atoms with E-state index in [4.69, 9.17) is 41.9 Å². The van der Waals surface area contributed by atoms with Crippen LogP contribution in [0.4, 0.5) is 0 Å². The van der Waals surface area contributed by atoms with Crippen LogP contribution in [0.2, 0.25) is 0 Å². The van der Waals surface area contributed by atoms with Crippen LogP contribution in [0.15, 0.2) is 362 Å². The first kappa shape index (κ1) is 125. The molecule has 0 fully saturated rings. The van der Waals surface area contributed by atoms with Gasteiger partial charge in [-0.2, -0.15) is 9.99 Å². The Morgan fingerprint density at radius 3 is 1.06 bits per heavy atom. The molecule has 2 aromatic heterocycles. The van der Waals surface area contributed by atoms with E-state index >= 15 is 0 Å². The van der Waals surface area contributed by atoms with E-state index in [9.17, 15) is 37.3 Å². The minimum atomic E-state index is -3.42. The molecule has 0 aliphatic heterocycles. The summed E-state index contributed by atoms with van der Waals surface area (Å²) < 4.78 is 101. The molecule has 29 heteroatoms.